The van der Waals surface area contributed by atoms with Gasteiger partial charge in [0.1, 0.15) is 0 Å². The van der Waals surface area contributed by atoms with E-state index < -0.39 is 5.60 Å². The second kappa shape index (κ2) is 6.02. The molecule has 1 fully saturated rings. The Morgan fingerprint density at radius 2 is 1.44 bits per heavy atom. The predicted molar refractivity (Wildman–Crippen MR) is 69.3 cm³/mol. The van der Waals surface area contributed by atoms with Crippen LogP contribution in [0.5, 0.6) is 0 Å². The van der Waals surface area contributed by atoms with E-state index in [9.17, 15) is 5.11 Å². The summed E-state index contributed by atoms with van der Waals surface area (Å²) in [4.78, 5) is 0. The summed E-state index contributed by atoms with van der Waals surface area (Å²) in [5.41, 5.74) is 5.48. The maximum absolute atomic E-state index is 10.8. The lowest BCUT2D eigenvalue weighted by molar-refractivity contribution is -0.0994. The Morgan fingerprint density at radius 1 is 1.00 bits per heavy atom. The number of hydrogen-bond donors (Lipinski definition) is 2. The Hall–Kier alpha value is -0.0800. The minimum atomic E-state index is -0.543. The fourth-order valence-electron chi connectivity index (χ4n) is 3.44. The van der Waals surface area contributed by atoms with E-state index in [0.29, 0.717) is 6.54 Å². The van der Waals surface area contributed by atoms with Gasteiger partial charge in [-0.1, -0.05) is 46.0 Å². The third-order valence-corrected chi connectivity index (χ3v) is 4.86. The largest absolute Gasteiger partial charge is 0.389 e. The molecule has 0 atom stereocenters. The zero-order valence-electron chi connectivity index (χ0n) is 11.1. The first-order valence-corrected chi connectivity index (χ1v) is 7.06. The van der Waals surface area contributed by atoms with Crippen LogP contribution in [0.1, 0.15) is 71.6 Å². The van der Waals surface area contributed by atoms with E-state index in [1.807, 2.05) is 0 Å². The Kier molecular flexibility index (Phi) is 5.26. The van der Waals surface area contributed by atoms with Crippen molar-refractivity contribution in [3.63, 3.8) is 0 Å². The SMILES string of the molecule is CCC(O)(CC)C1(CN)CCCCCCC1. The van der Waals surface area contributed by atoms with Crippen LogP contribution in [-0.2, 0) is 0 Å². The van der Waals surface area contributed by atoms with Gasteiger partial charge in [0.15, 0.2) is 0 Å². The monoisotopic (exact) mass is 227 g/mol. The average molecular weight is 227 g/mol. The quantitative estimate of drug-likeness (QED) is 0.774. The van der Waals surface area contributed by atoms with Crippen molar-refractivity contribution in [3.05, 3.63) is 0 Å². The van der Waals surface area contributed by atoms with E-state index in [1.165, 1.54) is 32.1 Å². The maximum Gasteiger partial charge on any atom is 0.0710 e. The van der Waals surface area contributed by atoms with Gasteiger partial charge in [-0.05, 0) is 25.7 Å². The van der Waals surface area contributed by atoms with E-state index in [0.717, 1.165) is 25.7 Å². The molecule has 1 rings (SSSR count). The van der Waals surface area contributed by atoms with Gasteiger partial charge < -0.3 is 10.8 Å². The van der Waals surface area contributed by atoms with Gasteiger partial charge in [0, 0.05) is 12.0 Å². The zero-order chi connectivity index (χ0) is 12.1. The van der Waals surface area contributed by atoms with Crippen molar-refractivity contribution >= 4 is 0 Å². The van der Waals surface area contributed by atoms with Crippen molar-refractivity contribution in [2.75, 3.05) is 6.54 Å². The molecule has 0 aromatic heterocycles. The lowest BCUT2D eigenvalue weighted by Gasteiger charge is -2.47. The first-order valence-electron chi connectivity index (χ1n) is 7.06. The number of hydrogen-bond acceptors (Lipinski definition) is 2. The second-order valence-corrected chi connectivity index (χ2v) is 5.49. The highest BCUT2D eigenvalue weighted by Gasteiger charge is 2.46. The van der Waals surface area contributed by atoms with Gasteiger partial charge in [0.25, 0.3) is 0 Å². The normalized spacial score (nSPS) is 22.5. The molecule has 0 aromatic rings. The molecule has 0 saturated heterocycles. The molecule has 96 valence electrons. The minimum absolute atomic E-state index is 0.0169. The molecule has 16 heavy (non-hydrogen) atoms. The maximum atomic E-state index is 10.8. The topological polar surface area (TPSA) is 46.2 Å². The summed E-state index contributed by atoms with van der Waals surface area (Å²) in [5.74, 6) is 0. The molecule has 0 radical (unpaired) electrons. The Bertz CT molecular complexity index is 191. The van der Waals surface area contributed by atoms with Crippen LogP contribution in [0.25, 0.3) is 0 Å². The van der Waals surface area contributed by atoms with Gasteiger partial charge in [-0.15, -0.1) is 0 Å². The van der Waals surface area contributed by atoms with Crippen LogP contribution in [0, 0.1) is 5.41 Å². The van der Waals surface area contributed by atoms with Crippen LogP contribution < -0.4 is 5.73 Å². The van der Waals surface area contributed by atoms with Crippen molar-refractivity contribution in [1.29, 1.82) is 0 Å². The van der Waals surface area contributed by atoms with Crippen LogP contribution >= 0.6 is 0 Å². The van der Waals surface area contributed by atoms with Gasteiger partial charge in [0.05, 0.1) is 5.60 Å². The third-order valence-electron chi connectivity index (χ3n) is 4.86. The van der Waals surface area contributed by atoms with Crippen molar-refractivity contribution in [3.8, 4) is 0 Å². The molecule has 0 bridgehead atoms. The summed E-state index contributed by atoms with van der Waals surface area (Å²) in [6.07, 6.45) is 10.3. The van der Waals surface area contributed by atoms with Crippen LogP contribution in [-0.4, -0.2) is 17.3 Å². The fraction of sp³-hybridized carbons (Fsp3) is 1.00. The van der Waals surface area contributed by atoms with Crippen LogP contribution in [0.15, 0.2) is 0 Å². The highest BCUT2D eigenvalue weighted by atomic mass is 16.3. The average Bonchev–Trinajstić information content (AvgIpc) is 2.28. The van der Waals surface area contributed by atoms with Crippen LogP contribution in [0.3, 0.4) is 0 Å². The molecule has 1 saturated carbocycles. The van der Waals surface area contributed by atoms with E-state index >= 15 is 0 Å². The second-order valence-electron chi connectivity index (χ2n) is 5.49. The molecule has 0 aromatic carbocycles. The summed E-state index contributed by atoms with van der Waals surface area (Å²) in [6.45, 7) is 4.84. The van der Waals surface area contributed by atoms with Gasteiger partial charge in [0.2, 0.25) is 0 Å². The third kappa shape index (κ3) is 2.60. The minimum Gasteiger partial charge on any atom is -0.389 e. The van der Waals surface area contributed by atoms with Gasteiger partial charge >= 0.3 is 0 Å². The molecular formula is C14H29NO. The molecule has 0 unspecified atom stereocenters. The summed E-state index contributed by atoms with van der Waals surface area (Å²) < 4.78 is 0. The highest BCUT2D eigenvalue weighted by Crippen LogP contribution is 2.45. The molecular weight excluding hydrogens is 198 g/mol. The van der Waals surface area contributed by atoms with Gasteiger partial charge in [-0.3, -0.25) is 0 Å². The molecule has 0 aliphatic heterocycles. The molecule has 0 heterocycles. The van der Waals surface area contributed by atoms with E-state index in [2.05, 4.69) is 13.8 Å². The first-order chi connectivity index (χ1) is 7.64. The van der Waals surface area contributed by atoms with E-state index in [4.69, 9.17) is 5.73 Å². The lowest BCUT2D eigenvalue weighted by atomic mass is 9.62. The summed E-state index contributed by atoms with van der Waals surface area (Å²) in [6, 6.07) is 0. The molecule has 1 aliphatic carbocycles. The van der Waals surface area contributed by atoms with Crippen LogP contribution in [0.4, 0.5) is 0 Å². The smallest absolute Gasteiger partial charge is 0.0710 e. The van der Waals surface area contributed by atoms with Gasteiger partial charge in [-0.2, -0.15) is 0 Å². The fourth-order valence-corrected chi connectivity index (χ4v) is 3.44. The molecule has 1 aliphatic rings. The summed E-state index contributed by atoms with van der Waals surface area (Å²) in [5, 5.41) is 10.8. The predicted octanol–water partition coefficient (Wildman–Crippen LogP) is 3.23. The number of rotatable bonds is 4. The van der Waals surface area contributed by atoms with Crippen molar-refractivity contribution in [2.45, 2.75) is 77.2 Å². The number of nitrogens with two attached hydrogens (primary N) is 1. The molecule has 0 amide bonds. The van der Waals surface area contributed by atoms with Crippen molar-refractivity contribution in [1.82, 2.24) is 0 Å². The molecule has 2 heteroatoms. The van der Waals surface area contributed by atoms with Crippen molar-refractivity contribution < 1.29 is 5.11 Å². The lowest BCUT2D eigenvalue weighted by Crippen LogP contribution is -2.52. The van der Waals surface area contributed by atoms with E-state index in [1.54, 1.807) is 0 Å². The summed E-state index contributed by atoms with van der Waals surface area (Å²) in [7, 11) is 0. The Labute approximate surface area is 101 Å². The number of aliphatic hydroxyl groups is 1. The Morgan fingerprint density at radius 3 is 1.81 bits per heavy atom. The van der Waals surface area contributed by atoms with E-state index in [-0.39, 0.29) is 5.41 Å². The highest BCUT2D eigenvalue weighted by molar-refractivity contribution is 4.98. The Balaban J connectivity index is 2.86. The summed E-state index contributed by atoms with van der Waals surface area (Å²) >= 11 is 0. The van der Waals surface area contributed by atoms with Crippen molar-refractivity contribution in [2.24, 2.45) is 11.1 Å². The first kappa shape index (κ1) is 14.0. The van der Waals surface area contributed by atoms with Gasteiger partial charge in [-0.25, -0.2) is 0 Å². The molecule has 0 spiro atoms. The van der Waals surface area contributed by atoms with Crippen LogP contribution in [0.2, 0.25) is 0 Å². The zero-order valence-corrected chi connectivity index (χ0v) is 11.1. The molecule has 2 nitrogen and oxygen atoms in total. The standard InChI is InChI=1S/C14H29NO/c1-3-14(16,4-2)13(12-15)10-8-6-5-7-9-11-13/h16H,3-12,15H2,1-2H3. The molecule has 3 N–H and O–H groups in total.